The van der Waals surface area contributed by atoms with Crippen molar-refractivity contribution in [3.05, 3.63) is 6.20 Å². The molecule has 0 aliphatic carbocycles. The van der Waals surface area contributed by atoms with Gasteiger partial charge in [0.25, 0.3) is 0 Å². The number of hydrogen-bond acceptors (Lipinski definition) is 5. The fraction of sp³-hybridized carbons (Fsp3) is 0.667. The molecule has 0 spiro atoms. The highest BCUT2D eigenvalue weighted by atomic mass is 32.1. The molecular formula is C12H20N4O2S. The van der Waals surface area contributed by atoms with Crippen molar-refractivity contribution in [2.75, 3.05) is 32.1 Å². The predicted octanol–water partition coefficient (Wildman–Crippen LogP) is 1.60. The third-order valence-corrected chi connectivity index (χ3v) is 4.76. The van der Waals surface area contributed by atoms with Crippen LogP contribution in [0.5, 0.6) is 5.06 Å². The number of amides is 2. The Kier molecular flexibility index (Phi) is 3.96. The first-order valence-corrected chi connectivity index (χ1v) is 7.06. The van der Waals surface area contributed by atoms with E-state index in [1.807, 2.05) is 0 Å². The number of aromatic nitrogens is 1. The minimum absolute atomic E-state index is 0.00208. The average Bonchev–Trinajstić information content (AvgIpc) is 2.96. The molecule has 2 rings (SSSR count). The predicted molar refractivity (Wildman–Crippen MR) is 75.6 cm³/mol. The van der Waals surface area contributed by atoms with E-state index in [1.54, 1.807) is 18.2 Å². The average molecular weight is 284 g/mol. The summed E-state index contributed by atoms with van der Waals surface area (Å²) in [5.41, 5.74) is 5.81. The van der Waals surface area contributed by atoms with Gasteiger partial charge in [0.15, 0.2) is 10.2 Å². The molecule has 1 aromatic heterocycles. The molecule has 0 radical (unpaired) electrons. The molecule has 1 aliphatic heterocycles. The van der Waals surface area contributed by atoms with E-state index in [0.717, 1.165) is 6.54 Å². The number of nitrogens with one attached hydrogen (secondary N) is 1. The van der Waals surface area contributed by atoms with E-state index in [0.29, 0.717) is 29.2 Å². The highest BCUT2D eigenvalue weighted by Crippen LogP contribution is 2.34. The summed E-state index contributed by atoms with van der Waals surface area (Å²) in [5, 5.41) is 4.02. The number of nitrogens with two attached hydrogens (primary N) is 1. The van der Waals surface area contributed by atoms with Gasteiger partial charge in [-0.25, -0.2) is 9.78 Å². The summed E-state index contributed by atoms with van der Waals surface area (Å²) < 4.78 is 5.04. The summed E-state index contributed by atoms with van der Waals surface area (Å²) >= 11 is 1.31. The van der Waals surface area contributed by atoms with Crippen LogP contribution in [0.4, 0.5) is 9.93 Å². The molecule has 0 saturated carbocycles. The number of carbonyl (C=O) groups is 1. The van der Waals surface area contributed by atoms with E-state index in [4.69, 9.17) is 10.5 Å². The number of rotatable bonds is 3. The Morgan fingerprint density at radius 2 is 2.53 bits per heavy atom. The number of carbonyl (C=O) groups excluding carboxylic acids is 1. The Labute approximate surface area is 116 Å². The van der Waals surface area contributed by atoms with Crippen molar-refractivity contribution >= 4 is 22.5 Å². The molecular weight excluding hydrogens is 264 g/mol. The number of thiazole rings is 1. The molecule has 2 amide bonds. The Balaban J connectivity index is 1.98. The highest BCUT2D eigenvalue weighted by molar-refractivity contribution is 7.17. The zero-order valence-electron chi connectivity index (χ0n) is 11.5. The van der Waals surface area contributed by atoms with Crippen LogP contribution >= 0.6 is 11.3 Å². The number of methoxy groups -OCH3 is 1. The number of nitrogens with zero attached hydrogens (tertiary/aromatic N) is 2. The first-order chi connectivity index (χ1) is 8.98. The van der Waals surface area contributed by atoms with E-state index in [9.17, 15) is 4.79 Å². The molecule has 1 saturated heterocycles. The van der Waals surface area contributed by atoms with Crippen LogP contribution in [0.15, 0.2) is 6.20 Å². The first kappa shape index (κ1) is 14.1. The molecule has 0 aromatic carbocycles. The fourth-order valence-corrected chi connectivity index (χ4v) is 2.83. The summed E-state index contributed by atoms with van der Waals surface area (Å²) in [4.78, 5) is 18.0. The lowest BCUT2D eigenvalue weighted by atomic mass is 9.81. The van der Waals surface area contributed by atoms with Gasteiger partial charge in [0.05, 0.1) is 13.3 Å². The Bertz CT molecular complexity index is 464. The molecule has 1 fully saturated rings. The van der Waals surface area contributed by atoms with E-state index in [1.165, 1.54) is 11.3 Å². The zero-order chi connectivity index (χ0) is 14.0. The number of urea groups is 1. The van der Waals surface area contributed by atoms with Crippen molar-refractivity contribution in [3.63, 3.8) is 0 Å². The summed E-state index contributed by atoms with van der Waals surface area (Å²) in [6.07, 6.45) is 1.59. The zero-order valence-corrected chi connectivity index (χ0v) is 12.3. The van der Waals surface area contributed by atoms with Gasteiger partial charge in [-0.15, -0.1) is 0 Å². The van der Waals surface area contributed by atoms with Gasteiger partial charge in [-0.3, -0.25) is 5.32 Å². The third-order valence-electron chi connectivity index (χ3n) is 3.89. The van der Waals surface area contributed by atoms with Crippen molar-refractivity contribution in [2.45, 2.75) is 13.8 Å². The topological polar surface area (TPSA) is 80.5 Å². The van der Waals surface area contributed by atoms with Crippen molar-refractivity contribution in [1.82, 2.24) is 9.88 Å². The van der Waals surface area contributed by atoms with Gasteiger partial charge < -0.3 is 15.4 Å². The molecule has 1 aliphatic rings. The monoisotopic (exact) mass is 284 g/mol. The molecule has 2 atom stereocenters. The van der Waals surface area contributed by atoms with Crippen LogP contribution in [0.1, 0.15) is 13.8 Å². The summed E-state index contributed by atoms with van der Waals surface area (Å²) in [5.74, 6) is 0.397. The number of likely N-dealkylation sites (tertiary alicyclic amines) is 1. The lowest BCUT2D eigenvalue weighted by Gasteiger charge is -2.25. The molecule has 0 bridgehead atoms. The molecule has 3 N–H and O–H groups in total. The maximum absolute atomic E-state index is 12.2. The normalized spacial score (nSPS) is 26.5. The Morgan fingerprint density at radius 1 is 1.79 bits per heavy atom. The van der Waals surface area contributed by atoms with Crippen LogP contribution in [-0.2, 0) is 0 Å². The number of ether oxygens (including phenoxy) is 1. The quantitative estimate of drug-likeness (QED) is 0.883. The molecule has 2 heterocycles. The highest BCUT2D eigenvalue weighted by Gasteiger charge is 2.41. The summed E-state index contributed by atoms with van der Waals surface area (Å²) in [6, 6.07) is -0.124. The third kappa shape index (κ3) is 2.82. The molecule has 1 aromatic rings. The Hall–Kier alpha value is -1.34. The standard InChI is InChI=1S/C12H20N4O2S/c1-8-5-16(7-12(8,2)6-13)11(17)15-10-14-4-9(18-3)19-10/h4,8H,5-7,13H2,1-3H3,(H,14,15,17)/t8-,12-/m1/s1. The van der Waals surface area contributed by atoms with Crippen LogP contribution in [0.25, 0.3) is 0 Å². The van der Waals surface area contributed by atoms with Crippen molar-refractivity contribution < 1.29 is 9.53 Å². The van der Waals surface area contributed by atoms with E-state index in [2.05, 4.69) is 24.1 Å². The van der Waals surface area contributed by atoms with Gasteiger partial charge in [-0.1, -0.05) is 25.2 Å². The second kappa shape index (κ2) is 5.34. The van der Waals surface area contributed by atoms with Crippen molar-refractivity contribution in [3.8, 4) is 5.06 Å². The minimum Gasteiger partial charge on any atom is -0.486 e. The largest absolute Gasteiger partial charge is 0.486 e. The SMILES string of the molecule is COc1cnc(NC(=O)N2C[C@@H](C)[C@](C)(CN)C2)s1. The van der Waals surface area contributed by atoms with Gasteiger partial charge in [0, 0.05) is 18.5 Å². The van der Waals surface area contributed by atoms with Crippen molar-refractivity contribution in [2.24, 2.45) is 17.1 Å². The minimum atomic E-state index is -0.124. The lowest BCUT2D eigenvalue weighted by Crippen LogP contribution is -2.37. The smallest absolute Gasteiger partial charge is 0.323 e. The molecule has 6 nitrogen and oxygen atoms in total. The van der Waals surface area contributed by atoms with Gasteiger partial charge in [0.1, 0.15) is 0 Å². The molecule has 106 valence electrons. The fourth-order valence-electron chi connectivity index (χ4n) is 2.21. The van der Waals surface area contributed by atoms with Gasteiger partial charge in [-0.05, 0) is 12.5 Å². The number of anilines is 1. The van der Waals surface area contributed by atoms with Crippen LogP contribution < -0.4 is 15.8 Å². The second-order valence-corrected chi connectivity index (χ2v) is 6.25. The molecule has 0 unspecified atom stereocenters. The van der Waals surface area contributed by atoms with Gasteiger partial charge >= 0.3 is 6.03 Å². The van der Waals surface area contributed by atoms with Gasteiger partial charge in [-0.2, -0.15) is 0 Å². The van der Waals surface area contributed by atoms with E-state index >= 15 is 0 Å². The molecule has 19 heavy (non-hydrogen) atoms. The van der Waals surface area contributed by atoms with Crippen LogP contribution in [0.2, 0.25) is 0 Å². The molecule has 7 heteroatoms. The van der Waals surface area contributed by atoms with Crippen LogP contribution in [0.3, 0.4) is 0 Å². The van der Waals surface area contributed by atoms with E-state index in [-0.39, 0.29) is 11.4 Å². The number of hydrogen-bond donors (Lipinski definition) is 2. The van der Waals surface area contributed by atoms with Crippen LogP contribution in [-0.4, -0.2) is 42.7 Å². The first-order valence-electron chi connectivity index (χ1n) is 6.24. The lowest BCUT2D eigenvalue weighted by molar-refractivity contribution is 0.215. The van der Waals surface area contributed by atoms with Crippen molar-refractivity contribution in [1.29, 1.82) is 0 Å². The summed E-state index contributed by atoms with van der Waals surface area (Å²) in [6.45, 7) is 6.24. The summed E-state index contributed by atoms with van der Waals surface area (Å²) in [7, 11) is 1.58. The second-order valence-electron chi connectivity index (χ2n) is 5.26. The van der Waals surface area contributed by atoms with Crippen LogP contribution in [0, 0.1) is 11.3 Å². The van der Waals surface area contributed by atoms with Gasteiger partial charge in [0.2, 0.25) is 0 Å². The Morgan fingerprint density at radius 3 is 3.05 bits per heavy atom. The van der Waals surface area contributed by atoms with E-state index < -0.39 is 0 Å². The maximum atomic E-state index is 12.2. The maximum Gasteiger partial charge on any atom is 0.323 e.